The number of rotatable bonds is 7. The maximum atomic E-state index is 11.8. The molecule has 22 heavy (non-hydrogen) atoms. The van der Waals surface area contributed by atoms with Gasteiger partial charge in [0.05, 0.1) is 6.61 Å². The summed E-state index contributed by atoms with van der Waals surface area (Å²) in [5, 5.41) is 5.47. The maximum Gasteiger partial charge on any atom is 0.315 e. The SMILES string of the molecule is CCOc1ccc(N(CCNC(=O)NC(C)C)C(C)=O)cc1. The summed E-state index contributed by atoms with van der Waals surface area (Å²) in [6, 6.07) is 7.17. The van der Waals surface area contributed by atoms with Gasteiger partial charge < -0.3 is 20.3 Å². The lowest BCUT2D eigenvalue weighted by Crippen LogP contribution is -2.43. The molecule has 1 aromatic carbocycles. The zero-order valence-corrected chi connectivity index (χ0v) is 13.7. The van der Waals surface area contributed by atoms with E-state index in [1.807, 2.05) is 45.0 Å². The molecule has 2 N–H and O–H groups in total. The van der Waals surface area contributed by atoms with E-state index in [0.29, 0.717) is 19.7 Å². The molecule has 0 saturated carbocycles. The Balaban J connectivity index is 2.58. The van der Waals surface area contributed by atoms with Gasteiger partial charge in [0.2, 0.25) is 5.91 Å². The summed E-state index contributed by atoms with van der Waals surface area (Å²) in [5.41, 5.74) is 0.780. The van der Waals surface area contributed by atoms with E-state index in [1.54, 1.807) is 4.90 Å². The Bertz CT molecular complexity index is 486. The fraction of sp³-hybridized carbons (Fsp3) is 0.500. The van der Waals surface area contributed by atoms with Gasteiger partial charge in [-0.3, -0.25) is 4.79 Å². The molecule has 0 radical (unpaired) electrons. The van der Waals surface area contributed by atoms with Gasteiger partial charge >= 0.3 is 6.03 Å². The molecule has 0 aromatic heterocycles. The predicted molar refractivity (Wildman–Crippen MR) is 87.3 cm³/mol. The van der Waals surface area contributed by atoms with Crippen LogP contribution in [-0.2, 0) is 4.79 Å². The van der Waals surface area contributed by atoms with Crippen molar-refractivity contribution in [3.05, 3.63) is 24.3 Å². The highest BCUT2D eigenvalue weighted by Gasteiger charge is 2.12. The standard InChI is InChI=1S/C16H25N3O3/c1-5-22-15-8-6-14(7-9-15)19(13(4)20)11-10-17-16(21)18-12(2)3/h6-9,12H,5,10-11H2,1-4H3,(H2,17,18,21). The minimum atomic E-state index is -0.231. The van der Waals surface area contributed by atoms with E-state index in [2.05, 4.69) is 10.6 Å². The molecule has 0 spiro atoms. The number of nitrogens with one attached hydrogen (secondary N) is 2. The third kappa shape index (κ3) is 6.03. The van der Waals surface area contributed by atoms with E-state index in [-0.39, 0.29) is 18.0 Å². The molecule has 0 heterocycles. The van der Waals surface area contributed by atoms with E-state index in [1.165, 1.54) is 6.92 Å². The summed E-state index contributed by atoms with van der Waals surface area (Å²) in [7, 11) is 0. The highest BCUT2D eigenvalue weighted by molar-refractivity contribution is 5.91. The molecule has 3 amide bonds. The molecule has 1 rings (SSSR count). The highest BCUT2D eigenvalue weighted by Crippen LogP contribution is 2.19. The van der Waals surface area contributed by atoms with Crippen LogP contribution in [0.4, 0.5) is 10.5 Å². The Morgan fingerprint density at radius 1 is 1.23 bits per heavy atom. The molecule has 0 saturated heterocycles. The second kappa shape index (κ2) is 8.92. The Kier molecular flexibility index (Phi) is 7.22. The van der Waals surface area contributed by atoms with Gasteiger partial charge in [-0.2, -0.15) is 0 Å². The van der Waals surface area contributed by atoms with Crippen LogP contribution in [0.25, 0.3) is 0 Å². The molecule has 1 aromatic rings. The first-order valence-corrected chi connectivity index (χ1v) is 7.49. The quantitative estimate of drug-likeness (QED) is 0.811. The van der Waals surface area contributed by atoms with Gasteiger partial charge in [0, 0.05) is 31.7 Å². The summed E-state index contributed by atoms with van der Waals surface area (Å²) in [4.78, 5) is 24.9. The van der Waals surface area contributed by atoms with Crippen LogP contribution in [0, 0.1) is 0 Å². The largest absolute Gasteiger partial charge is 0.494 e. The van der Waals surface area contributed by atoms with Crippen LogP contribution in [0.5, 0.6) is 5.75 Å². The van der Waals surface area contributed by atoms with Crippen LogP contribution in [0.3, 0.4) is 0 Å². The van der Waals surface area contributed by atoms with Crippen molar-refractivity contribution in [3.8, 4) is 5.75 Å². The second-order valence-electron chi connectivity index (χ2n) is 5.15. The van der Waals surface area contributed by atoms with E-state index in [0.717, 1.165) is 11.4 Å². The lowest BCUT2D eigenvalue weighted by molar-refractivity contribution is -0.116. The zero-order valence-electron chi connectivity index (χ0n) is 13.7. The van der Waals surface area contributed by atoms with Gasteiger partial charge in [0.25, 0.3) is 0 Å². The number of urea groups is 1. The number of hydrogen-bond acceptors (Lipinski definition) is 3. The Labute approximate surface area is 131 Å². The van der Waals surface area contributed by atoms with Crippen LogP contribution in [0.2, 0.25) is 0 Å². The van der Waals surface area contributed by atoms with Crippen molar-refractivity contribution in [2.45, 2.75) is 33.7 Å². The summed E-state index contributed by atoms with van der Waals surface area (Å²) >= 11 is 0. The molecule has 0 bridgehead atoms. The van der Waals surface area contributed by atoms with Crippen molar-refractivity contribution in [2.75, 3.05) is 24.6 Å². The second-order valence-corrected chi connectivity index (χ2v) is 5.15. The molecule has 0 aliphatic heterocycles. The monoisotopic (exact) mass is 307 g/mol. The van der Waals surface area contributed by atoms with Gasteiger partial charge in [-0.05, 0) is 45.0 Å². The lowest BCUT2D eigenvalue weighted by atomic mass is 10.2. The number of carbonyl (C=O) groups is 2. The molecular weight excluding hydrogens is 282 g/mol. The molecule has 0 atom stereocenters. The van der Waals surface area contributed by atoms with Gasteiger partial charge in [-0.1, -0.05) is 0 Å². The van der Waals surface area contributed by atoms with Crippen LogP contribution in [-0.4, -0.2) is 37.7 Å². The number of hydrogen-bond donors (Lipinski definition) is 2. The van der Waals surface area contributed by atoms with Crippen molar-refractivity contribution in [2.24, 2.45) is 0 Å². The molecule has 0 unspecified atom stereocenters. The summed E-state index contributed by atoms with van der Waals surface area (Å²) in [5.74, 6) is 0.694. The van der Waals surface area contributed by atoms with Crippen molar-refractivity contribution in [1.29, 1.82) is 0 Å². The fourth-order valence-electron chi connectivity index (χ4n) is 1.95. The Morgan fingerprint density at radius 2 is 1.86 bits per heavy atom. The molecule has 6 heteroatoms. The first-order valence-electron chi connectivity index (χ1n) is 7.49. The van der Waals surface area contributed by atoms with Gasteiger partial charge in [-0.15, -0.1) is 0 Å². The fourth-order valence-corrected chi connectivity index (χ4v) is 1.95. The predicted octanol–water partition coefficient (Wildman–Crippen LogP) is 2.15. The first-order chi connectivity index (χ1) is 10.4. The van der Waals surface area contributed by atoms with Crippen LogP contribution < -0.4 is 20.3 Å². The normalized spacial score (nSPS) is 10.2. The van der Waals surface area contributed by atoms with Crippen LogP contribution in [0.15, 0.2) is 24.3 Å². The number of amides is 3. The minimum Gasteiger partial charge on any atom is -0.494 e. The van der Waals surface area contributed by atoms with E-state index in [9.17, 15) is 9.59 Å². The van der Waals surface area contributed by atoms with Crippen LogP contribution >= 0.6 is 0 Å². The first kappa shape index (κ1) is 17.8. The highest BCUT2D eigenvalue weighted by atomic mass is 16.5. The maximum absolute atomic E-state index is 11.8. The number of anilines is 1. The Morgan fingerprint density at radius 3 is 2.36 bits per heavy atom. The number of benzene rings is 1. The van der Waals surface area contributed by atoms with E-state index >= 15 is 0 Å². The minimum absolute atomic E-state index is 0.0739. The summed E-state index contributed by atoms with van der Waals surface area (Å²) in [6.45, 7) is 8.60. The third-order valence-corrected chi connectivity index (χ3v) is 2.88. The smallest absolute Gasteiger partial charge is 0.315 e. The Hall–Kier alpha value is -2.24. The lowest BCUT2D eigenvalue weighted by Gasteiger charge is -2.22. The number of carbonyl (C=O) groups excluding carboxylic acids is 2. The zero-order chi connectivity index (χ0) is 16.5. The summed E-state index contributed by atoms with van der Waals surface area (Å²) in [6.07, 6.45) is 0. The van der Waals surface area contributed by atoms with Gasteiger partial charge in [0.15, 0.2) is 0 Å². The number of ether oxygens (including phenoxy) is 1. The van der Waals surface area contributed by atoms with E-state index in [4.69, 9.17) is 4.74 Å². The van der Waals surface area contributed by atoms with Crippen molar-refractivity contribution >= 4 is 17.6 Å². The molecule has 6 nitrogen and oxygen atoms in total. The topological polar surface area (TPSA) is 70.7 Å². The van der Waals surface area contributed by atoms with Gasteiger partial charge in [-0.25, -0.2) is 4.79 Å². The average Bonchev–Trinajstić information content (AvgIpc) is 2.44. The van der Waals surface area contributed by atoms with Crippen molar-refractivity contribution in [3.63, 3.8) is 0 Å². The third-order valence-electron chi connectivity index (χ3n) is 2.88. The van der Waals surface area contributed by atoms with Crippen LogP contribution in [0.1, 0.15) is 27.7 Å². The summed E-state index contributed by atoms with van der Waals surface area (Å²) < 4.78 is 5.38. The molecule has 0 fully saturated rings. The van der Waals surface area contributed by atoms with E-state index < -0.39 is 0 Å². The molecule has 122 valence electrons. The molecule has 0 aliphatic rings. The molecule has 0 aliphatic carbocycles. The van der Waals surface area contributed by atoms with Crippen molar-refractivity contribution in [1.82, 2.24) is 10.6 Å². The van der Waals surface area contributed by atoms with Crippen molar-refractivity contribution < 1.29 is 14.3 Å². The average molecular weight is 307 g/mol. The van der Waals surface area contributed by atoms with Gasteiger partial charge in [0.1, 0.15) is 5.75 Å². The molecular formula is C16H25N3O3. The number of nitrogens with zero attached hydrogens (tertiary/aromatic N) is 1.